The Balaban J connectivity index is 2.44. The lowest BCUT2D eigenvalue weighted by Gasteiger charge is -2.06. The molecule has 0 atom stereocenters. The van der Waals surface area contributed by atoms with Crippen LogP contribution in [-0.2, 0) is 6.42 Å². The number of benzene rings is 1. The van der Waals surface area contributed by atoms with E-state index in [2.05, 4.69) is 20.1 Å². The molecule has 0 unspecified atom stereocenters. The minimum Gasteiger partial charge on any atom is -0.508 e. The number of phenols is 1. The first-order valence-corrected chi connectivity index (χ1v) is 6.65. The van der Waals surface area contributed by atoms with E-state index in [0.717, 1.165) is 28.8 Å². The molecule has 0 aromatic heterocycles. The molecule has 0 amide bonds. The first kappa shape index (κ1) is 13.8. The Morgan fingerprint density at radius 2 is 1.65 bits per heavy atom. The van der Waals surface area contributed by atoms with Gasteiger partial charge in [-0.2, -0.15) is 0 Å². The van der Waals surface area contributed by atoms with E-state index in [1.807, 2.05) is 6.07 Å². The molecule has 1 aromatic rings. The predicted molar refractivity (Wildman–Crippen MR) is 75.5 cm³/mol. The van der Waals surface area contributed by atoms with Crippen LogP contribution in [-0.4, -0.2) is 5.11 Å². The maximum Gasteiger partial charge on any atom is 0.119 e. The van der Waals surface area contributed by atoms with Gasteiger partial charge in [0.15, 0.2) is 0 Å². The lowest BCUT2D eigenvalue weighted by atomic mass is 10.0. The number of aromatic hydroxyl groups is 1. The molecule has 0 aliphatic heterocycles. The molecule has 0 heterocycles. The van der Waals surface area contributed by atoms with Crippen molar-refractivity contribution >= 4 is 13.2 Å². The quantitative estimate of drug-likeness (QED) is 0.716. The first-order chi connectivity index (χ1) is 8.16. The van der Waals surface area contributed by atoms with Gasteiger partial charge in [-0.1, -0.05) is 58.3 Å². The Labute approximate surface area is 104 Å². The molecule has 1 N–H and O–H groups in total. The number of hydrogen-bond acceptors (Lipinski definition) is 1. The minimum absolute atomic E-state index is 0.371. The van der Waals surface area contributed by atoms with Crippen molar-refractivity contribution in [3.8, 4) is 5.75 Å². The Bertz CT molecular complexity index is 434. The number of unbranched alkanes of at least 4 members (excludes halogenated alkanes) is 5. The summed E-state index contributed by atoms with van der Waals surface area (Å²) in [4.78, 5) is 0. The molecule has 0 saturated heterocycles. The van der Waals surface area contributed by atoms with Crippen molar-refractivity contribution in [1.82, 2.24) is 0 Å². The van der Waals surface area contributed by atoms with Crippen molar-refractivity contribution in [3.63, 3.8) is 0 Å². The van der Waals surface area contributed by atoms with E-state index in [-0.39, 0.29) is 0 Å². The summed E-state index contributed by atoms with van der Waals surface area (Å²) in [5.41, 5.74) is 0.980. The van der Waals surface area contributed by atoms with E-state index >= 15 is 0 Å². The second-order valence-electron chi connectivity index (χ2n) is 4.72. The Kier molecular flexibility index (Phi) is 5.82. The lowest BCUT2D eigenvalue weighted by molar-refractivity contribution is 0.465. The molecule has 17 heavy (non-hydrogen) atoms. The van der Waals surface area contributed by atoms with Crippen LogP contribution in [0.25, 0.3) is 13.2 Å². The molecule has 0 aliphatic rings. The highest BCUT2D eigenvalue weighted by molar-refractivity contribution is 5.36. The van der Waals surface area contributed by atoms with Gasteiger partial charge in [0.25, 0.3) is 0 Å². The fraction of sp³-hybridized carbons (Fsp3) is 0.500. The van der Waals surface area contributed by atoms with Crippen molar-refractivity contribution in [2.75, 3.05) is 0 Å². The summed E-state index contributed by atoms with van der Waals surface area (Å²) in [6.07, 6.45) is 8.53. The molecule has 1 heteroatoms. The average molecular weight is 232 g/mol. The van der Waals surface area contributed by atoms with Crippen LogP contribution in [0, 0.1) is 0 Å². The van der Waals surface area contributed by atoms with E-state index < -0.39 is 0 Å². The maximum atomic E-state index is 9.79. The van der Waals surface area contributed by atoms with Gasteiger partial charge in [0.1, 0.15) is 5.75 Å². The van der Waals surface area contributed by atoms with Crippen molar-refractivity contribution in [2.24, 2.45) is 0 Å². The second kappa shape index (κ2) is 7.16. The molecule has 1 rings (SSSR count). The second-order valence-corrected chi connectivity index (χ2v) is 4.72. The standard InChI is InChI=1S/C16H24O/c1-4-5-6-7-8-9-10-15-14(3)13(2)11-12-16(15)17/h11-12,17H,2-10H2,1H3. The highest BCUT2D eigenvalue weighted by atomic mass is 16.3. The summed E-state index contributed by atoms with van der Waals surface area (Å²) in [5.74, 6) is 0.371. The molecule has 0 spiro atoms. The van der Waals surface area contributed by atoms with Crippen LogP contribution < -0.4 is 10.4 Å². The monoisotopic (exact) mass is 232 g/mol. The topological polar surface area (TPSA) is 20.2 Å². The third-order valence-electron chi connectivity index (χ3n) is 3.28. The van der Waals surface area contributed by atoms with E-state index in [9.17, 15) is 5.11 Å². The Morgan fingerprint density at radius 1 is 1.00 bits per heavy atom. The van der Waals surface area contributed by atoms with Gasteiger partial charge in [-0.15, -0.1) is 0 Å². The van der Waals surface area contributed by atoms with Crippen LogP contribution in [0.15, 0.2) is 12.1 Å². The van der Waals surface area contributed by atoms with Crippen LogP contribution in [0.2, 0.25) is 0 Å². The fourth-order valence-electron chi connectivity index (χ4n) is 2.09. The number of hydrogen-bond donors (Lipinski definition) is 1. The molecule has 0 fully saturated rings. The van der Waals surface area contributed by atoms with Crippen LogP contribution >= 0.6 is 0 Å². The lowest BCUT2D eigenvalue weighted by Crippen LogP contribution is -2.25. The van der Waals surface area contributed by atoms with Crippen molar-refractivity contribution in [1.29, 1.82) is 0 Å². The summed E-state index contributed by atoms with van der Waals surface area (Å²) in [6, 6.07) is 3.55. The molecule has 0 bridgehead atoms. The predicted octanol–water partition coefficient (Wildman–Crippen LogP) is 3.12. The van der Waals surface area contributed by atoms with Crippen LogP contribution in [0.5, 0.6) is 5.75 Å². The molecule has 0 aliphatic carbocycles. The van der Waals surface area contributed by atoms with E-state index in [4.69, 9.17) is 0 Å². The zero-order valence-electron chi connectivity index (χ0n) is 11.0. The van der Waals surface area contributed by atoms with Gasteiger partial charge in [0, 0.05) is 5.56 Å². The van der Waals surface area contributed by atoms with Gasteiger partial charge in [0.05, 0.1) is 0 Å². The van der Waals surface area contributed by atoms with Gasteiger partial charge in [0.2, 0.25) is 0 Å². The Morgan fingerprint density at radius 3 is 2.35 bits per heavy atom. The highest BCUT2D eigenvalue weighted by Gasteiger charge is 2.02. The van der Waals surface area contributed by atoms with Crippen LogP contribution in [0.3, 0.4) is 0 Å². The largest absolute Gasteiger partial charge is 0.508 e. The molecule has 0 radical (unpaired) electrons. The minimum atomic E-state index is 0.371. The van der Waals surface area contributed by atoms with Gasteiger partial charge in [-0.05, 0) is 29.3 Å². The van der Waals surface area contributed by atoms with Gasteiger partial charge in [-0.25, -0.2) is 0 Å². The van der Waals surface area contributed by atoms with Gasteiger partial charge < -0.3 is 5.11 Å². The van der Waals surface area contributed by atoms with Crippen molar-refractivity contribution in [3.05, 3.63) is 28.1 Å². The first-order valence-electron chi connectivity index (χ1n) is 6.65. The average Bonchev–Trinajstić information content (AvgIpc) is 2.32. The maximum absolute atomic E-state index is 9.79. The molecular weight excluding hydrogens is 208 g/mol. The highest BCUT2D eigenvalue weighted by Crippen LogP contribution is 2.14. The van der Waals surface area contributed by atoms with Gasteiger partial charge in [-0.3, -0.25) is 0 Å². The zero-order valence-corrected chi connectivity index (χ0v) is 11.0. The van der Waals surface area contributed by atoms with Crippen LogP contribution in [0.4, 0.5) is 0 Å². The van der Waals surface area contributed by atoms with Crippen molar-refractivity contribution in [2.45, 2.75) is 51.9 Å². The van der Waals surface area contributed by atoms with Crippen molar-refractivity contribution < 1.29 is 5.11 Å². The third-order valence-corrected chi connectivity index (χ3v) is 3.28. The molecule has 1 nitrogen and oxygen atoms in total. The van der Waals surface area contributed by atoms with Crippen LogP contribution in [0.1, 0.15) is 51.0 Å². The molecule has 1 aromatic carbocycles. The summed E-state index contributed by atoms with van der Waals surface area (Å²) < 4.78 is 0. The third kappa shape index (κ3) is 4.26. The molecule has 0 saturated carbocycles. The molecule has 94 valence electrons. The fourth-order valence-corrected chi connectivity index (χ4v) is 2.09. The number of rotatable bonds is 7. The summed E-state index contributed by atoms with van der Waals surface area (Å²) >= 11 is 0. The van der Waals surface area contributed by atoms with E-state index in [1.165, 1.54) is 32.1 Å². The Hall–Kier alpha value is -1.24. The number of phenolic OH excluding ortho intramolecular Hbond substituents is 1. The smallest absolute Gasteiger partial charge is 0.119 e. The summed E-state index contributed by atoms with van der Waals surface area (Å²) in [6.45, 7) is 10.1. The van der Waals surface area contributed by atoms with Gasteiger partial charge >= 0.3 is 0 Å². The summed E-state index contributed by atoms with van der Waals surface area (Å²) in [7, 11) is 0. The summed E-state index contributed by atoms with van der Waals surface area (Å²) in [5, 5.41) is 11.6. The normalized spacial score (nSPS) is 10.6. The van der Waals surface area contributed by atoms with E-state index in [1.54, 1.807) is 6.07 Å². The zero-order chi connectivity index (χ0) is 12.7. The van der Waals surface area contributed by atoms with E-state index in [0.29, 0.717) is 5.75 Å². The SMILES string of the molecule is C=c1ccc(O)c(CCCCCCCC)c1=C. The molecular formula is C16H24O.